The molecule has 4 nitrogen and oxygen atoms in total. The third-order valence-electron chi connectivity index (χ3n) is 0.953. The van der Waals surface area contributed by atoms with E-state index in [0.717, 1.165) is 0 Å². The van der Waals surface area contributed by atoms with Crippen LogP contribution in [0.3, 0.4) is 0 Å². The molecule has 0 unspecified atom stereocenters. The minimum Gasteiger partial charge on any atom is -0.222 e. The van der Waals surface area contributed by atoms with Crippen LogP contribution >= 0.6 is 20.7 Å². The predicted molar refractivity (Wildman–Crippen MR) is 36.1 cm³/mol. The van der Waals surface area contributed by atoms with E-state index in [2.05, 4.69) is 19.2 Å². The number of aryl methyl sites for hydroxylation is 2. The molecule has 0 aliphatic rings. The molecule has 0 fully saturated rings. The van der Waals surface area contributed by atoms with Crippen molar-refractivity contribution in [3.05, 3.63) is 15.8 Å². The van der Waals surface area contributed by atoms with E-state index in [1.165, 1.54) is 10.4 Å². The van der Waals surface area contributed by atoms with Crippen LogP contribution in [0, 0.1) is 24.1 Å². The second-order valence-corrected chi connectivity index (χ2v) is 4.96. The summed E-state index contributed by atoms with van der Waals surface area (Å²) in [6.45, 7) is 4.29. The average Bonchev–Trinajstić information content (AvgIpc) is 2.12. The van der Waals surface area contributed by atoms with Crippen LogP contribution in [0.15, 0.2) is 5.38 Å². The second kappa shape index (κ2) is 5.03. The van der Waals surface area contributed by atoms with Gasteiger partial charge >= 0.3 is 0 Å². The second-order valence-electron chi connectivity index (χ2n) is 1.91. The molecule has 0 N–H and O–H groups in total. The molecule has 1 aromatic rings. The predicted octanol–water partition coefficient (Wildman–Crippen LogP) is -2.05. The van der Waals surface area contributed by atoms with Crippen LogP contribution in [0.25, 0.3) is 0 Å². The van der Waals surface area contributed by atoms with Crippen molar-refractivity contribution in [2.45, 2.75) is 13.8 Å². The van der Waals surface area contributed by atoms with Crippen LogP contribution in [0.2, 0.25) is 0 Å². The van der Waals surface area contributed by atoms with Crippen molar-refractivity contribution >= 4 is 20.7 Å². The maximum atomic E-state index is 8.49. The maximum absolute atomic E-state index is 8.49. The Bertz CT molecular complexity index is 209. The first-order chi connectivity index (χ1) is 5.30. The first kappa shape index (κ1) is 12.2. The zero-order valence-electron chi connectivity index (χ0n) is 6.40. The maximum Gasteiger partial charge on any atom is 0.292 e. The van der Waals surface area contributed by atoms with E-state index in [1.54, 1.807) is 0 Å². The summed E-state index contributed by atoms with van der Waals surface area (Å²) >= 11 is 0. The Labute approximate surface area is 79.5 Å². The first-order valence-electron chi connectivity index (χ1n) is 2.76. The van der Waals surface area contributed by atoms with Gasteiger partial charge in [0.05, 0.1) is 4.88 Å². The molecule has 0 radical (unpaired) electrons. The standard InChI is InChI=1S/C5H7S2.ClHO4/c1-4-3-6-7-5(4)2;2-1(3,4)5/h3H,1-2H3;(H,2,3,4,5)/q+1;/p-1. The normalized spacial score (nSPS) is 10.5. The van der Waals surface area contributed by atoms with Gasteiger partial charge in [-0.05, 0) is 13.8 Å². The van der Waals surface area contributed by atoms with E-state index < -0.39 is 10.2 Å². The quantitative estimate of drug-likeness (QED) is 0.379. The summed E-state index contributed by atoms with van der Waals surface area (Å²) in [6.07, 6.45) is 0. The van der Waals surface area contributed by atoms with Gasteiger partial charge in [0, 0.05) is 5.56 Å². The van der Waals surface area contributed by atoms with Crippen LogP contribution in [-0.2, 0) is 0 Å². The Balaban J connectivity index is 0.000000217. The highest BCUT2D eigenvalue weighted by Crippen LogP contribution is 2.18. The molecule has 70 valence electrons. The van der Waals surface area contributed by atoms with Gasteiger partial charge in [-0.3, -0.25) is 0 Å². The summed E-state index contributed by atoms with van der Waals surface area (Å²) in [4.78, 5) is 1.45. The lowest BCUT2D eigenvalue weighted by Crippen LogP contribution is -2.68. The molecule has 0 aliphatic heterocycles. The smallest absolute Gasteiger partial charge is 0.222 e. The van der Waals surface area contributed by atoms with Gasteiger partial charge in [-0.25, -0.2) is 18.6 Å². The fraction of sp³-hybridized carbons (Fsp3) is 0.400. The fourth-order valence-electron chi connectivity index (χ4n) is 0.317. The third-order valence-corrected chi connectivity index (χ3v) is 3.40. The van der Waals surface area contributed by atoms with Crippen molar-refractivity contribution in [2.24, 2.45) is 0 Å². The van der Waals surface area contributed by atoms with Crippen molar-refractivity contribution in [3.63, 3.8) is 0 Å². The summed E-state index contributed by atoms with van der Waals surface area (Å²) in [5.74, 6) is 0. The Morgan fingerprint density at radius 3 is 1.75 bits per heavy atom. The highest BCUT2D eigenvalue weighted by Gasteiger charge is 2.00. The van der Waals surface area contributed by atoms with Gasteiger partial charge in [0.25, 0.3) is 10.3 Å². The topological polar surface area (TPSA) is 92.2 Å². The van der Waals surface area contributed by atoms with Crippen molar-refractivity contribution in [3.8, 4) is 0 Å². The van der Waals surface area contributed by atoms with Crippen LogP contribution in [0.4, 0.5) is 0 Å². The average molecular weight is 231 g/mol. The molecule has 1 aromatic heterocycles. The minimum atomic E-state index is -4.94. The van der Waals surface area contributed by atoms with E-state index in [0.29, 0.717) is 0 Å². The zero-order valence-corrected chi connectivity index (χ0v) is 8.79. The van der Waals surface area contributed by atoms with Crippen molar-refractivity contribution < 1.29 is 28.9 Å². The zero-order chi connectivity index (χ0) is 9.78. The number of hydrogen-bond acceptors (Lipinski definition) is 5. The molecule has 1 heterocycles. The van der Waals surface area contributed by atoms with Crippen molar-refractivity contribution in [1.82, 2.24) is 0 Å². The van der Waals surface area contributed by atoms with Crippen LogP contribution in [0.1, 0.15) is 10.4 Å². The molecule has 0 saturated carbocycles. The monoisotopic (exact) mass is 230 g/mol. The van der Waals surface area contributed by atoms with E-state index in [4.69, 9.17) is 18.6 Å². The Morgan fingerprint density at radius 1 is 1.25 bits per heavy atom. The van der Waals surface area contributed by atoms with E-state index in [9.17, 15) is 0 Å². The van der Waals surface area contributed by atoms with E-state index in [1.807, 2.05) is 20.7 Å². The molecule has 0 amide bonds. The number of halogens is 1. The highest BCUT2D eigenvalue weighted by atomic mass is 35.7. The molecule has 12 heavy (non-hydrogen) atoms. The van der Waals surface area contributed by atoms with Crippen LogP contribution < -0.4 is 18.6 Å². The minimum absolute atomic E-state index is 1.43. The largest absolute Gasteiger partial charge is 0.292 e. The van der Waals surface area contributed by atoms with Gasteiger partial charge in [0.2, 0.25) is 5.38 Å². The van der Waals surface area contributed by atoms with Crippen molar-refractivity contribution in [2.75, 3.05) is 0 Å². The van der Waals surface area contributed by atoms with Crippen molar-refractivity contribution in [1.29, 1.82) is 0 Å². The van der Waals surface area contributed by atoms with Gasteiger partial charge in [0.15, 0.2) is 10.3 Å². The summed E-state index contributed by atoms with van der Waals surface area (Å²) in [5, 5.41) is 2.18. The van der Waals surface area contributed by atoms with E-state index >= 15 is 0 Å². The summed E-state index contributed by atoms with van der Waals surface area (Å²) in [6, 6.07) is 0. The molecule has 0 atom stereocenters. The molecule has 0 aromatic carbocycles. The molecular weight excluding hydrogens is 224 g/mol. The Morgan fingerprint density at radius 2 is 1.67 bits per heavy atom. The summed E-state index contributed by atoms with van der Waals surface area (Å²) < 4.78 is 34.0. The lowest BCUT2D eigenvalue weighted by molar-refractivity contribution is -2.00. The number of hydrogen-bond donors (Lipinski definition) is 0. The van der Waals surface area contributed by atoms with Gasteiger partial charge in [-0.1, -0.05) is 0 Å². The molecule has 1 rings (SSSR count). The lowest BCUT2D eigenvalue weighted by atomic mass is 10.4. The van der Waals surface area contributed by atoms with Crippen LogP contribution in [-0.4, -0.2) is 0 Å². The highest BCUT2D eigenvalue weighted by molar-refractivity contribution is 7.68. The summed E-state index contributed by atoms with van der Waals surface area (Å²) in [5.41, 5.74) is 1.43. The summed E-state index contributed by atoms with van der Waals surface area (Å²) in [7, 11) is -1.29. The number of rotatable bonds is 0. The van der Waals surface area contributed by atoms with Crippen LogP contribution in [0.5, 0.6) is 0 Å². The first-order valence-corrected chi connectivity index (χ1v) is 6.21. The Hall–Kier alpha value is 0.180. The lowest BCUT2D eigenvalue weighted by Gasteiger charge is -2.17. The molecule has 0 aliphatic carbocycles. The third kappa shape index (κ3) is 8.28. The molecule has 0 saturated heterocycles. The Kier molecular flexibility index (Phi) is 5.10. The molecule has 7 heteroatoms. The molecular formula is C5H7ClO4S2. The van der Waals surface area contributed by atoms with Gasteiger partial charge in [0.1, 0.15) is 0 Å². The van der Waals surface area contributed by atoms with Gasteiger partial charge < -0.3 is 0 Å². The van der Waals surface area contributed by atoms with Gasteiger partial charge in [-0.15, -0.1) is 10.2 Å². The fourth-order valence-corrected chi connectivity index (χ4v) is 2.50. The SMILES string of the molecule is Cc1c[s+]sc1C.[O-][Cl+3]([O-])([O-])[O-]. The van der Waals surface area contributed by atoms with E-state index in [-0.39, 0.29) is 0 Å². The van der Waals surface area contributed by atoms with Gasteiger partial charge in [-0.2, -0.15) is 0 Å². The molecule has 0 bridgehead atoms. The molecule has 0 spiro atoms.